The molecule has 5 nitrogen and oxygen atoms in total. The highest BCUT2D eigenvalue weighted by Gasteiger charge is 2.40. The third kappa shape index (κ3) is 5.95. The summed E-state index contributed by atoms with van der Waals surface area (Å²) in [5.74, 6) is 2.43. The van der Waals surface area contributed by atoms with Crippen LogP contribution in [-0.2, 0) is 11.4 Å². The summed E-state index contributed by atoms with van der Waals surface area (Å²) in [5, 5.41) is 13.6. The highest BCUT2D eigenvalue weighted by molar-refractivity contribution is 6.01. The fourth-order valence-corrected chi connectivity index (χ4v) is 3.76. The van der Waals surface area contributed by atoms with Crippen LogP contribution in [0.2, 0.25) is 0 Å². The molecule has 1 fully saturated rings. The van der Waals surface area contributed by atoms with Gasteiger partial charge in [0.25, 0.3) is 0 Å². The lowest BCUT2D eigenvalue weighted by Gasteiger charge is -2.11. The Kier molecular flexibility index (Phi) is 6.98. The number of hydrogen-bond donors (Lipinski definition) is 1. The van der Waals surface area contributed by atoms with Crippen LogP contribution < -0.4 is 9.47 Å². The van der Waals surface area contributed by atoms with Gasteiger partial charge >= 0.3 is 0 Å². The molecule has 0 radical (unpaired) electrons. The first kappa shape index (κ1) is 22.5. The largest absolute Gasteiger partial charge is 0.513 e. The number of nitrogens with zero attached hydrogens (tertiary/aromatic N) is 1. The van der Waals surface area contributed by atoms with Gasteiger partial charge in [-0.2, -0.15) is 0 Å². The molecule has 33 heavy (non-hydrogen) atoms. The molecule has 0 saturated heterocycles. The maximum Gasteiger partial charge on any atom is 0.134 e. The first-order valence-corrected chi connectivity index (χ1v) is 11.0. The van der Waals surface area contributed by atoms with Crippen LogP contribution in [0.4, 0.5) is 0 Å². The predicted molar refractivity (Wildman–Crippen MR) is 130 cm³/mol. The Morgan fingerprint density at radius 3 is 2.18 bits per heavy atom. The van der Waals surface area contributed by atoms with E-state index in [9.17, 15) is 5.11 Å². The van der Waals surface area contributed by atoms with Gasteiger partial charge in [-0.1, -0.05) is 65.8 Å². The number of benzene rings is 3. The van der Waals surface area contributed by atoms with Crippen molar-refractivity contribution >= 4 is 5.71 Å². The number of aliphatic hydroxyl groups is 1. The van der Waals surface area contributed by atoms with Gasteiger partial charge in [0.05, 0.1) is 5.76 Å². The van der Waals surface area contributed by atoms with Crippen LogP contribution in [0.5, 0.6) is 11.5 Å². The van der Waals surface area contributed by atoms with E-state index in [1.807, 2.05) is 67.6 Å². The molecule has 170 valence electrons. The van der Waals surface area contributed by atoms with Gasteiger partial charge in [0.1, 0.15) is 37.5 Å². The molecule has 1 saturated carbocycles. The molecule has 3 aromatic carbocycles. The van der Waals surface area contributed by atoms with Crippen LogP contribution in [0.1, 0.15) is 34.6 Å². The Balaban J connectivity index is 1.28. The first-order valence-electron chi connectivity index (χ1n) is 11.0. The molecule has 1 aliphatic carbocycles. The van der Waals surface area contributed by atoms with Crippen LogP contribution in [-0.4, -0.2) is 24.5 Å². The van der Waals surface area contributed by atoms with Gasteiger partial charge in [-0.05, 0) is 54.7 Å². The summed E-state index contributed by atoms with van der Waals surface area (Å²) in [4.78, 5) is 4.99. The van der Waals surface area contributed by atoms with E-state index in [0.29, 0.717) is 19.1 Å². The van der Waals surface area contributed by atoms with E-state index in [2.05, 4.69) is 23.9 Å². The fraction of sp³-hybridized carbons (Fsp3) is 0.250. The molecule has 3 aromatic rings. The van der Waals surface area contributed by atoms with Crippen LogP contribution in [0, 0.1) is 12.8 Å². The van der Waals surface area contributed by atoms with Gasteiger partial charge in [-0.25, -0.2) is 0 Å². The molecule has 5 heteroatoms. The fourth-order valence-electron chi connectivity index (χ4n) is 3.76. The Morgan fingerprint density at radius 1 is 0.939 bits per heavy atom. The van der Waals surface area contributed by atoms with Crippen LogP contribution in [0.25, 0.3) is 0 Å². The quantitative estimate of drug-likeness (QED) is 0.231. The average molecular weight is 444 g/mol. The SMILES string of the molecule is C=C(O)C1CC1c1ccc(OCc2ccc(OC/C(=N\OC)c3ccc(C)cc3)cc2)cc1. The standard InChI is InChI=1S/C28H29NO4/c1-19-4-8-23(9-5-19)28(29-31-3)18-33-24-12-6-21(7-13-24)17-32-25-14-10-22(11-15-25)27-16-26(27)20(2)30/h4-15,26-27,30H,2,16-18H2,1,3H3/b29-28+. The van der Waals surface area contributed by atoms with E-state index < -0.39 is 0 Å². The van der Waals surface area contributed by atoms with Gasteiger partial charge in [-0.3, -0.25) is 0 Å². The molecule has 2 unspecified atom stereocenters. The molecular weight excluding hydrogens is 414 g/mol. The van der Waals surface area contributed by atoms with Crippen molar-refractivity contribution in [3.05, 3.63) is 107 Å². The van der Waals surface area contributed by atoms with E-state index in [1.165, 1.54) is 18.2 Å². The zero-order valence-electron chi connectivity index (χ0n) is 19.0. The molecule has 1 aliphatic rings. The predicted octanol–water partition coefficient (Wildman–Crippen LogP) is 6.18. The smallest absolute Gasteiger partial charge is 0.134 e. The zero-order valence-corrected chi connectivity index (χ0v) is 19.0. The third-order valence-electron chi connectivity index (χ3n) is 5.82. The van der Waals surface area contributed by atoms with Gasteiger partial charge in [0.15, 0.2) is 0 Å². The summed E-state index contributed by atoms with van der Waals surface area (Å²) in [6, 6.07) is 24.0. The number of aryl methyl sites for hydroxylation is 1. The van der Waals surface area contributed by atoms with Crippen molar-refractivity contribution < 1.29 is 19.4 Å². The average Bonchev–Trinajstić information content (AvgIpc) is 3.64. The summed E-state index contributed by atoms with van der Waals surface area (Å²) < 4.78 is 11.8. The van der Waals surface area contributed by atoms with E-state index in [-0.39, 0.29) is 11.7 Å². The maximum absolute atomic E-state index is 9.51. The molecule has 4 rings (SSSR count). The van der Waals surface area contributed by atoms with Crippen LogP contribution in [0.15, 0.2) is 90.3 Å². The zero-order chi connectivity index (χ0) is 23.2. The molecule has 0 aromatic heterocycles. The lowest BCUT2D eigenvalue weighted by atomic mass is 10.1. The van der Waals surface area contributed by atoms with E-state index in [0.717, 1.165) is 34.8 Å². The van der Waals surface area contributed by atoms with Crippen molar-refractivity contribution in [2.45, 2.75) is 25.9 Å². The number of aliphatic hydroxyl groups excluding tert-OH is 1. The highest BCUT2D eigenvalue weighted by atomic mass is 16.6. The summed E-state index contributed by atoms with van der Waals surface area (Å²) in [7, 11) is 1.53. The Labute approximate surface area is 194 Å². The summed E-state index contributed by atoms with van der Waals surface area (Å²) in [6.45, 7) is 6.46. The van der Waals surface area contributed by atoms with Gasteiger partial charge in [0.2, 0.25) is 0 Å². The normalized spacial score (nSPS) is 17.3. The van der Waals surface area contributed by atoms with E-state index in [1.54, 1.807) is 0 Å². The van der Waals surface area contributed by atoms with Crippen LogP contribution >= 0.6 is 0 Å². The van der Waals surface area contributed by atoms with E-state index in [4.69, 9.17) is 14.3 Å². The summed E-state index contributed by atoms with van der Waals surface area (Å²) >= 11 is 0. The third-order valence-corrected chi connectivity index (χ3v) is 5.82. The molecule has 0 amide bonds. The molecule has 0 heterocycles. The number of ether oxygens (including phenoxy) is 2. The van der Waals surface area contributed by atoms with Crippen molar-refractivity contribution in [2.75, 3.05) is 13.7 Å². The van der Waals surface area contributed by atoms with Crippen molar-refractivity contribution in [1.82, 2.24) is 0 Å². The molecule has 0 spiro atoms. The molecule has 2 atom stereocenters. The lowest BCUT2D eigenvalue weighted by Crippen LogP contribution is -2.13. The van der Waals surface area contributed by atoms with Crippen LogP contribution in [0.3, 0.4) is 0 Å². The van der Waals surface area contributed by atoms with Crippen molar-refractivity contribution in [3.8, 4) is 11.5 Å². The van der Waals surface area contributed by atoms with Crippen molar-refractivity contribution in [2.24, 2.45) is 11.1 Å². The number of oxime groups is 1. The van der Waals surface area contributed by atoms with Gasteiger partial charge < -0.3 is 19.4 Å². The topological polar surface area (TPSA) is 60.3 Å². The first-order chi connectivity index (χ1) is 16.0. The summed E-state index contributed by atoms with van der Waals surface area (Å²) in [6.07, 6.45) is 0.966. The number of hydrogen-bond acceptors (Lipinski definition) is 5. The molecule has 0 bridgehead atoms. The Hall–Kier alpha value is -3.73. The van der Waals surface area contributed by atoms with E-state index >= 15 is 0 Å². The van der Waals surface area contributed by atoms with Gasteiger partial charge in [-0.15, -0.1) is 0 Å². The second-order valence-corrected chi connectivity index (χ2v) is 8.32. The highest BCUT2D eigenvalue weighted by Crippen LogP contribution is 2.50. The Bertz CT molecular complexity index is 1100. The number of rotatable bonds is 10. The monoisotopic (exact) mass is 443 g/mol. The lowest BCUT2D eigenvalue weighted by molar-refractivity contribution is 0.210. The minimum atomic E-state index is 0.200. The molecule has 1 N–H and O–H groups in total. The Morgan fingerprint density at radius 2 is 1.58 bits per heavy atom. The van der Waals surface area contributed by atoms with Crippen molar-refractivity contribution in [1.29, 1.82) is 0 Å². The van der Waals surface area contributed by atoms with Crippen molar-refractivity contribution in [3.63, 3.8) is 0 Å². The number of allylic oxidation sites excluding steroid dienone is 1. The maximum atomic E-state index is 9.51. The molecule has 0 aliphatic heterocycles. The minimum Gasteiger partial charge on any atom is -0.513 e. The molecular formula is C28H29NO4. The van der Waals surface area contributed by atoms with Gasteiger partial charge in [0, 0.05) is 11.5 Å². The second kappa shape index (κ2) is 10.3. The minimum absolute atomic E-state index is 0.200. The summed E-state index contributed by atoms with van der Waals surface area (Å²) in [5.41, 5.74) is 5.15. The second-order valence-electron chi connectivity index (χ2n) is 8.32.